The molecule has 2 atom stereocenters. The SMILES string of the molecule is CCCCC(CC)COC(=O)NC(CCC)C(=O)OCC(C)C. The van der Waals surface area contributed by atoms with Crippen molar-refractivity contribution in [2.24, 2.45) is 11.8 Å². The number of alkyl carbamates (subject to hydrolysis) is 1. The Labute approximate surface area is 141 Å². The molecule has 0 heterocycles. The minimum Gasteiger partial charge on any atom is -0.464 e. The second kappa shape index (κ2) is 13.2. The molecule has 0 aliphatic heterocycles. The minimum absolute atomic E-state index is 0.275. The topological polar surface area (TPSA) is 64.6 Å². The normalized spacial score (nSPS) is 13.5. The van der Waals surface area contributed by atoms with E-state index in [1.165, 1.54) is 0 Å². The van der Waals surface area contributed by atoms with Crippen LogP contribution in [0.1, 0.15) is 73.1 Å². The van der Waals surface area contributed by atoms with E-state index in [9.17, 15) is 9.59 Å². The third kappa shape index (κ3) is 11.0. The van der Waals surface area contributed by atoms with Gasteiger partial charge in [0, 0.05) is 0 Å². The van der Waals surface area contributed by atoms with Gasteiger partial charge in [0.15, 0.2) is 0 Å². The molecule has 23 heavy (non-hydrogen) atoms. The van der Waals surface area contributed by atoms with Crippen LogP contribution in [0.5, 0.6) is 0 Å². The van der Waals surface area contributed by atoms with Crippen molar-refractivity contribution in [3.05, 3.63) is 0 Å². The van der Waals surface area contributed by atoms with Gasteiger partial charge in [-0.3, -0.25) is 0 Å². The van der Waals surface area contributed by atoms with Gasteiger partial charge in [0.2, 0.25) is 0 Å². The molecule has 5 heteroatoms. The first kappa shape index (κ1) is 21.7. The van der Waals surface area contributed by atoms with Crippen molar-refractivity contribution in [2.45, 2.75) is 79.2 Å². The lowest BCUT2D eigenvalue weighted by atomic mass is 10.0. The van der Waals surface area contributed by atoms with E-state index in [4.69, 9.17) is 9.47 Å². The molecule has 0 aromatic heterocycles. The van der Waals surface area contributed by atoms with Gasteiger partial charge in [-0.05, 0) is 24.7 Å². The molecule has 0 rings (SSSR count). The average Bonchev–Trinajstić information content (AvgIpc) is 2.52. The summed E-state index contributed by atoms with van der Waals surface area (Å²) in [5.74, 6) is 0.283. The summed E-state index contributed by atoms with van der Waals surface area (Å²) in [5.41, 5.74) is 0. The second-order valence-corrected chi connectivity index (χ2v) is 6.52. The zero-order valence-corrected chi connectivity index (χ0v) is 15.5. The van der Waals surface area contributed by atoms with Gasteiger partial charge in [0.25, 0.3) is 0 Å². The highest BCUT2D eigenvalue weighted by Crippen LogP contribution is 2.13. The molecule has 0 saturated heterocycles. The summed E-state index contributed by atoms with van der Waals surface area (Å²) in [4.78, 5) is 23.9. The zero-order valence-electron chi connectivity index (χ0n) is 15.5. The van der Waals surface area contributed by atoms with E-state index in [0.717, 1.165) is 32.1 Å². The molecule has 1 N–H and O–H groups in total. The summed E-state index contributed by atoms with van der Waals surface area (Å²) in [6, 6.07) is -0.623. The maximum atomic E-state index is 12.0. The molecule has 0 saturated carbocycles. The van der Waals surface area contributed by atoms with Gasteiger partial charge in [0.05, 0.1) is 13.2 Å². The van der Waals surface area contributed by atoms with Crippen molar-refractivity contribution in [1.29, 1.82) is 0 Å². The first-order chi connectivity index (χ1) is 10.9. The highest BCUT2D eigenvalue weighted by molar-refractivity contribution is 5.81. The molecular weight excluding hydrogens is 294 g/mol. The van der Waals surface area contributed by atoms with E-state index < -0.39 is 12.1 Å². The number of carbonyl (C=O) groups is 2. The zero-order chi connectivity index (χ0) is 17.7. The van der Waals surface area contributed by atoms with Crippen LogP contribution in [0.2, 0.25) is 0 Å². The van der Waals surface area contributed by atoms with Crippen molar-refractivity contribution < 1.29 is 19.1 Å². The van der Waals surface area contributed by atoms with E-state index >= 15 is 0 Å². The fraction of sp³-hybridized carbons (Fsp3) is 0.889. The number of carbonyl (C=O) groups excluding carboxylic acids is 2. The number of esters is 1. The Kier molecular flexibility index (Phi) is 12.5. The first-order valence-corrected chi connectivity index (χ1v) is 9.04. The smallest absolute Gasteiger partial charge is 0.407 e. The van der Waals surface area contributed by atoms with Crippen LogP contribution < -0.4 is 5.32 Å². The summed E-state index contributed by atoms with van der Waals surface area (Å²) in [7, 11) is 0. The van der Waals surface area contributed by atoms with Crippen LogP contribution in [0.15, 0.2) is 0 Å². The summed E-state index contributed by atoms with van der Waals surface area (Å²) < 4.78 is 10.5. The Bertz CT molecular complexity index is 331. The summed E-state index contributed by atoms with van der Waals surface area (Å²) >= 11 is 0. The summed E-state index contributed by atoms with van der Waals surface area (Å²) in [5, 5.41) is 2.64. The van der Waals surface area contributed by atoms with E-state index in [1.807, 2.05) is 20.8 Å². The molecule has 136 valence electrons. The molecule has 1 amide bonds. The van der Waals surface area contributed by atoms with Crippen LogP contribution in [0.3, 0.4) is 0 Å². The van der Waals surface area contributed by atoms with Gasteiger partial charge in [0.1, 0.15) is 6.04 Å². The van der Waals surface area contributed by atoms with E-state index in [2.05, 4.69) is 19.2 Å². The lowest BCUT2D eigenvalue weighted by Gasteiger charge is -2.19. The Balaban J connectivity index is 4.29. The van der Waals surface area contributed by atoms with Crippen LogP contribution in [0.25, 0.3) is 0 Å². The monoisotopic (exact) mass is 329 g/mol. The number of ether oxygens (including phenoxy) is 2. The molecular formula is C18H35NO4. The van der Waals surface area contributed by atoms with E-state index in [0.29, 0.717) is 25.6 Å². The van der Waals surface area contributed by atoms with E-state index in [-0.39, 0.29) is 11.9 Å². The first-order valence-electron chi connectivity index (χ1n) is 9.04. The highest BCUT2D eigenvalue weighted by Gasteiger charge is 2.22. The largest absolute Gasteiger partial charge is 0.464 e. The van der Waals surface area contributed by atoms with Crippen molar-refractivity contribution >= 4 is 12.1 Å². The van der Waals surface area contributed by atoms with Crippen molar-refractivity contribution in [2.75, 3.05) is 13.2 Å². The molecule has 2 unspecified atom stereocenters. The summed E-state index contributed by atoms with van der Waals surface area (Å²) in [6.07, 6.45) is 5.15. The van der Waals surface area contributed by atoms with Crippen molar-refractivity contribution in [3.8, 4) is 0 Å². The van der Waals surface area contributed by atoms with Crippen LogP contribution in [0, 0.1) is 11.8 Å². The molecule has 0 bridgehead atoms. The van der Waals surface area contributed by atoms with Crippen LogP contribution in [-0.4, -0.2) is 31.3 Å². The minimum atomic E-state index is -0.623. The van der Waals surface area contributed by atoms with Gasteiger partial charge in [-0.15, -0.1) is 0 Å². The molecule has 0 aliphatic rings. The number of hydrogen-bond acceptors (Lipinski definition) is 4. The predicted molar refractivity (Wildman–Crippen MR) is 92.3 cm³/mol. The van der Waals surface area contributed by atoms with Crippen molar-refractivity contribution in [1.82, 2.24) is 5.32 Å². The van der Waals surface area contributed by atoms with Crippen LogP contribution in [-0.2, 0) is 14.3 Å². The quantitative estimate of drug-likeness (QED) is 0.542. The third-order valence-corrected chi connectivity index (χ3v) is 3.71. The number of amides is 1. The standard InChI is InChI=1S/C18H35NO4/c1-6-9-11-15(8-3)13-23-18(21)19-16(10-7-2)17(20)22-12-14(4)5/h14-16H,6-13H2,1-5H3,(H,19,21). The maximum absolute atomic E-state index is 12.0. The Morgan fingerprint density at radius 2 is 1.65 bits per heavy atom. The predicted octanol–water partition coefficient (Wildman–Crippen LogP) is 4.30. The molecule has 5 nitrogen and oxygen atoms in total. The molecule has 0 aliphatic carbocycles. The maximum Gasteiger partial charge on any atom is 0.407 e. The van der Waals surface area contributed by atoms with Gasteiger partial charge in [-0.25, -0.2) is 9.59 Å². The average molecular weight is 329 g/mol. The molecule has 0 spiro atoms. The fourth-order valence-electron chi connectivity index (χ4n) is 2.16. The molecule has 0 aromatic carbocycles. The number of rotatable bonds is 12. The Morgan fingerprint density at radius 1 is 0.957 bits per heavy atom. The number of nitrogens with one attached hydrogen (secondary N) is 1. The lowest BCUT2D eigenvalue weighted by molar-refractivity contribution is -0.147. The van der Waals surface area contributed by atoms with Crippen LogP contribution in [0.4, 0.5) is 4.79 Å². The van der Waals surface area contributed by atoms with Gasteiger partial charge >= 0.3 is 12.1 Å². The Morgan fingerprint density at radius 3 is 2.17 bits per heavy atom. The fourth-order valence-corrected chi connectivity index (χ4v) is 2.16. The second-order valence-electron chi connectivity index (χ2n) is 6.52. The molecule has 0 radical (unpaired) electrons. The Hall–Kier alpha value is -1.26. The third-order valence-electron chi connectivity index (χ3n) is 3.71. The van der Waals surface area contributed by atoms with Gasteiger partial charge in [-0.2, -0.15) is 0 Å². The lowest BCUT2D eigenvalue weighted by Crippen LogP contribution is -2.42. The van der Waals surface area contributed by atoms with Gasteiger partial charge in [-0.1, -0.05) is 60.3 Å². The summed E-state index contributed by atoms with van der Waals surface area (Å²) in [6.45, 7) is 10.9. The number of unbranched alkanes of at least 4 members (excludes halogenated alkanes) is 1. The van der Waals surface area contributed by atoms with E-state index in [1.54, 1.807) is 0 Å². The molecule has 0 aromatic rings. The number of hydrogen-bond donors (Lipinski definition) is 1. The molecule has 0 fully saturated rings. The highest BCUT2D eigenvalue weighted by atomic mass is 16.6. The van der Waals surface area contributed by atoms with Gasteiger partial charge < -0.3 is 14.8 Å². The van der Waals surface area contributed by atoms with Crippen molar-refractivity contribution in [3.63, 3.8) is 0 Å². The van der Waals surface area contributed by atoms with Crippen LogP contribution >= 0.6 is 0 Å².